The summed E-state index contributed by atoms with van der Waals surface area (Å²) in [5.41, 5.74) is 7.32. The average molecular weight is 334 g/mol. The zero-order valence-electron chi connectivity index (χ0n) is 14.1. The Morgan fingerprint density at radius 2 is 2.12 bits per heavy atom. The van der Waals surface area contributed by atoms with Gasteiger partial charge < -0.3 is 20.5 Å². The number of nitrogens with two attached hydrogens (primary N) is 1. The van der Waals surface area contributed by atoms with Gasteiger partial charge in [-0.2, -0.15) is 0 Å². The van der Waals surface area contributed by atoms with E-state index in [0.29, 0.717) is 12.3 Å². The number of likely N-dealkylation sites (tertiary alicyclic amines) is 1. The molecule has 1 fully saturated rings. The molecule has 1 saturated heterocycles. The summed E-state index contributed by atoms with van der Waals surface area (Å²) in [6, 6.07) is 0. The first kappa shape index (κ1) is 17.0. The molecule has 0 bridgehead atoms. The topological polar surface area (TPSA) is 101 Å². The standard InChI is InChI=1S/C17H26N4O3/c18-16(22)12-5-3-9-21(11-12)10-4-8-19-17(23)15-13-6-1-2-7-14(13)20-24-15/h12H,1-11H2,(H2,18,22)(H,19,23). The van der Waals surface area contributed by atoms with Crippen LogP contribution in [0.2, 0.25) is 0 Å². The fourth-order valence-corrected chi connectivity index (χ4v) is 3.64. The number of nitrogens with one attached hydrogen (secondary N) is 1. The van der Waals surface area contributed by atoms with Gasteiger partial charge in [-0.25, -0.2) is 0 Å². The van der Waals surface area contributed by atoms with Crippen LogP contribution in [0.4, 0.5) is 0 Å². The zero-order chi connectivity index (χ0) is 16.9. The Kier molecular flexibility index (Phi) is 5.50. The summed E-state index contributed by atoms with van der Waals surface area (Å²) in [5.74, 6) is -0.0204. The zero-order valence-corrected chi connectivity index (χ0v) is 14.1. The number of aryl methyl sites for hydroxylation is 1. The third-order valence-electron chi connectivity index (χ3n) is 5.01. The number of amides is 2. The van der Waals surface area contributed by atoms with E-state index in [1.165, 1.54) is 0 Å². The van der Waals surface area contributed by atoms with Crippen molar-refractivity contribution in [1.29, 1.82) is 0 Å². The van der Waals surface area contributed by atoms with Crippen LogP contribution in [0.25, 0.3) is 0 Å². The van der Waals surface area contributed by atoms with Gasteiger partial charge in [0.25, 0.3) is 5.91 Å². The molecule has 3 N–H and O–H groups in total. The number of nitrogens with zero attached hydrogens (tertiary/aromatic N) is 2. The first-order valence-corrected chi connectivity index (χ1v) is 8.92. The Morgan fingerprint density at radius 1 is 1.29 bits per heavy atom. The monoisotopic (exact) mass is 334 g/mol. The van der Waals surface area contributed by atoms with Crippen molar-refractivity contribution in [1.82, 2.24) is 15.4 Å². The molecule has 2 amide bonds. The summed E-state index contributed by atoms with van der Waals surface area (Å²) in [4.78, 5) is 25.8. The summed E-state index contributed by atoms with van der Waals surface area (Å²) in [5, 5.41) is 6.93. The highest BCUT2D eigenvalue weighted by Gasteiger charge is 2.25. The molecule has 3 rings (SSSR count). The van der Waals surface area contributed by atoms with Gasteiger partial charge in [0.05, 0.1) is 11.6 Å². The fourth-order valence-electron chi connectivity index (χ4n) is 3.64. The Balaban J connectivity index is 1.41. The molecule has 1 unspecified atom stereocenters. The molecule has 2 heterocycles. The third-order valence-corrected chi connectivity index (χ3v) is 5.01. The Morgan fingerprint density at radius 3 is 2.96 bits per heavy atom. The van der Waals surface area contributed by atoms with Gasteiger partial charge in [0, 0.05) is 18.7 Å². The molecule has 0 radical (unpaired) electrons. The van der Waals surface area contributed by atoms with Crippen molar-refractivity contribution in [2.75, 3.05) is 26.2 Å². The van der Waals surface area contributed by atoms with Crippen molar-refractivity contribution >= 4 is 11.8 Å². The SMILES string of the molecule is NC(=O)C1CCCN(CCCNC(=O)c2onc3c2CCCC3)C1. The van der Waals surface area contributed by atoms with E-state index in [-0.39, 0.29) is 17.7 Å². The molecule has 1 aliphatic heterocycles. The molecule has 0 spiro atoms. The van der Waals surface area contributed by atoms with Gasteiger partial charge in [0.1, 0.15) is 0 Å². The molecule has 132 valence electrons. The van der Waals surface area contributed by atoms with Crippen molar-refractivity contribution in [2.45, 2.75) is 44.9 Å². The number of rotatable bonds is 6. The number of primary amides is 1. The first-order chi connectivity index (χ1) is 11.6. The van der Waals surface area contributed by atoms with Gasteiger partial charge >= 0.3 is 0 Å². The van der Waals surface area contributed by atoms with Gasteiger partial charge in [-0.05, 0) is 58.0 Å². The normalized spacial score (nSPS) is 21.2. The molecule has 0 aromatic carbocycles. The fraction of sp³-hybridized carbons (Fsp3) is 0.706. The second kappa shape index (κ2) is 7.79. The van der Waals surface area contributed by atoms with Crippen LogP contribution in [-0.4, -0.2) is 48.0 Å². The smallest absolute Gasteiger partial charge is 0.290 e. The van der Waals surface area contributed by atoms with E-state index in [1.807, 2.05) is 0 Å². The first-order valence-electron chi connectivity index (χ1n) is 8.92. The Labute approximate surface area is 141 Å². The largest absolute Gasteiger partial charge is 0.369 e. The maximum atomic E-state index is 12.3. The summed E-state index contributed by atoms with van der Waals surface area (Å²) in [7, 11) is 0. The van der Waals surface area contributed by atoms with Crippen molar-refractivity contribution in [3.8, 4) is 0 Å². The van der Waals surface area contributed by atoms with E-state index in [9.17, 15) is 9.59 Å². The molecule has 7 heteroatoms. The molecule has 1 aromatic heterocycles. The third kappa shape index (κ3) is 3.95. The summed E-state index contributed by atoms with van der Waals surface area (Å²) in [6.45, 7) is 3.18. The molecular weight excluding hydrogens is 308 g/mol. The molecule has 7 nitrogen and oxygen atoms in total. The van der Waals surface area contributed by atoms with Gasteiger partial charge in [0.2, 0.25) is 11.7 Å². The Hall–Kier alpha value is -1.89. The second-order valence-corrected chi connectivity index (χ2v) is 6.80. The van der Waals surface area contributed by atoms with Crippen LogP contribution in [0.15, 0.2) is 4.52 Å². The minimum atomic E-state index is -0.205. The number of fused-ring (bicyclic) bond motifs is 1. The van der Waals surface area contributed by atoms with Crippen molar-refractivity contribution in [3.63, 3.8) is 0 Å². The number of aromatic nitrogens is 1. The van der Waals surface area contributed by atoms with Crippen LogP contribution in [0.1, 0.15) is 53.9 Å². The van der Waals surface area contributed by atoms with Crippen LogP contribution < -0.4 is 11.1 Å². The van der Waals surface area contributed by atoms with E-state index in [2.05, 4.69) is 15.4 Å². The van der Waals surface area contributed by atoms with Gasteiger partial charge in [-0.3, -0.25) is 9.59 Å². The molecule has 24 heavy (non-hydrogen) atoms. The highest BCUT2D eigenvalue weighted by Crippen LogP contribution is 2.23. The maximum absolute atomic E-state index is 12.3. The highest BCUT2D eigenvalue weighted by atomic mass is 16.5. The highest BCUT2D eigenvalue weighted by molar-refractivity contribution is 5.93. The summed E-state index contributed by atoms with van der Waals surface area (Å²) in [6.07, 6.45) is 6.72. The van der Waals surface area contributed by atoms with E-state index in [0.717, 1.165) is 75.8 Å². The quantitative estimate of drug-likeness (QED) is 0.752. The van der Waals surface area contributed by atoms with Crippen LogP contribution in [0.5, 0.6) is 0 Å². The maximum Gasteiger partial charge on any atom is 0.290 e. The molecule has 2 aliphatic rings. The lowest BCUT2D eigenvalue weighted by atomic mass is 9.96. The van der Waals surface area contributed by atoms with Gasteiger partial charge in [-0.1, -0.05) is 5.16 Å². The lowest BCUT2D eigenvalue weighted by Crippen LogP contribution is -2.42. The van der Waals surface area contributed by atoms with Crippen LogP contribution in [0.3, 0.4) is 0 Å². The van der Waals surface area contributed by atoms with Gasteiger partial charge in [-0.15, -0.1) is 0 Å². The number of carbonyl (C=O) groups is 2. The second-order valence-electron chi connectivity index (χ2n) is 6.80. The molecule has 1 aromatic rings. The summed E-state index contributed by atoms with van der Waals surface area (Å²) >= 11 is 0. The molecule has 1 aliphatic carbocycles. The van der Waals surface area contributed by atoms with Crippen molar-refractivity contribution in [2.24, 2.45) is 11.7 Å². The van der Waals surface area contributed by atoms with Gasteiger partial charge in [0.15, 0.2) is 0 Å². The van der Waals surface area contributed by atoms with Crippen LogP contribution in [-0.2, 0) is 17.6 Å². The average Bonchev–Trinajstić information content (AvgIpc) is 3.03. The van der Waals surface area contributed by atoms with Crippen molar-refractivity contribution in [3.05, 3.63) is 17.0 Å². The van der Waals surface area contributed by atoms with E-state index in [4.69, 9.17) is 10.3 Å². The van der Waals surface area contributed by atoms with Crippen molar-refractivity contribution < 1.29 is 14.1 Å². The van der Waals surface area contributed by atoms with Crippen LogP contribution >= 0.6 is 0 Å². The molecule has 0 saturated carbocycles. The number of hydrogen-bond donors (Lipinski definition) is 2. The predicted octanol–water partition coefficient (Wildman–Crippen LogP) is 0.871. The minimum absolute atomic E-state index is 0.0333. The predicted molar refractivity (Wildman–Crippen MR) is 88.5 cm³/mol. The number of piperidine rings is 1. The van der Waals surface area contributed by atoms with E-state index < -0.39 is 0 Å². The summed E-state index contributed by atoms with van der Waals surface area (Å²) < 4.78 is 5.24. The number of hydrogen-bond acceptors (Lipinski definition) is 5. The van der Waals surface area contributed by atoms with E-state index in [1.54, 1.807) is 0 Å². The Bertz CT molecular complexity index is 599. The lowest BCUT2D eigenvalue weighted by molar-refractivity contribution is -0.123. The van der Waals surface area contributed by atoms with E-state index >= 15 is 0 Å². The molecular formula is C17H26N4O3. The van der Waals surface area contributed by atoms with Crippen LogP contribution in [0, 0.1) is 5.92 Å². The number of carbonyl (C=O) groups excluding carboxylic acids is 2. The minimum Gasteiger partial charge on any atom is -0.369 e. The lowest BCUT2D eigenvalue weighted by Gasteiger charge is -2.31. The molecule has 1 atom stereocenters.